The van der Waals surface area contributed by atoms with Crippen LogP contribution in [0.3, 0.4) is 0 Å². The van der Waals surface area contributed by atoms with E-state index in [2.05, 4.69) is 0 Å². The van der Waals surface area contributed by atoms with Gasteiger partial charge in [-0.25, -0.2) is 0 Å². The smallest absolute Gasteiger partial charge is 0.235 e. The Balaban J connectivity index is 2.32. The highest BCUT2D eigenvalue weighted by atomic mass is 16.5. The lowest BCUT2D eigenvalue weighted by atomic mass is 10.1. The number of para-hydroxylation sites is 1. The fraction of sp³-hybridized carbons (Fsp3) is 0.167. The van der Waals surface area contributed by atoms with E-state index in [1.165, 1.54) is 0 Å². The van der Waals surface area contributed by atoms with Gasteiger partial charge in [0.05, 0.1) is 12.0 Å². The largest absolute Gasteiger partial charge is 0.487 e. The highest BCUT2D eigenvalue weighted by Gasteiger charge is 2.16. The Labute approximate surface area is 122 Å². The minimum absolute atomic E-state index is 0.130. The Morgan fingerprint density at radius 3 is 2.48 bits per heavy atom. The van der Waals surface area contributed by atoms with Gasteiger partial charge in [0.2, 0.25) is 11.2 Å². The Kier molecular flexibility index (Phi) is 3.48. The van der Waals surface area contributed by atoms with Crippen LogP contribution in [0.15, 0.2) is 57.7 Å². The molecule has 0 aliphatic rings. The zero-order valence-electron chi connectivity index (χ0n) is 12.1. The summed E-state index contributed by atoms with van der Waals surface area (Å²) >= 11 is 0. The van der Waals surface area contributed by atoms with E-state index in [4.69, 9.17) is 9.15 Å². The molecule has 0 bridgehead atoms. The van der Waals surface area contributed by atoms with E-state index in [0.29, 0.717) is 23.3 Å². The van der Waals surface area contributed by atoms with Crippen molar-refractivity contribution in [2.45, 2.75) is 13.8 Å². The fourth-order valence-corrected chi connectivity index (χ4v) is 2.30. The molecule has 3 nitrogen and oxygen atoms in total. The van der Waals surface area contributed by atoms with Crippen molar-refractivity contribution in [2.75, 3.05) is 6.61 Å². The molecule has 2 aromatic carbocycles. The van der Waals surface area contributed by atoms with Crippen molar-refractivity contribution >= 4 is 11.0 Å². The molecule has 0 spiro atoms. The lowest BCUT2D eigenvalue weighted by Gasteiger charge is -2.10. The second-order valence-corrected chi connectivity index (χ2v) is 4.88. The summed E-state index contributed by atoms with van der Waals surface area (Å²) in [6, 6.07) is 15.1. The van der Waals surface area contributed by atoms with E-state index in [1.807, 2.05) is 50.2 Å². The molecule has 1 heterocycles. The van der Waals surface area contributed by atoms with Gasteiger partial charge in [-0.05, 0) is 26.0 Å². The van der Waals surface area contributed by atoms with Gasteiger partial charge in [0.15, 0.2) is 5.76 Å². The highest BCUT2D eigenvalue weighted by Crippen LogP contribution is 2.30. The van der Waals surface area contributed by atoms with E-state index < -0.39 is 0 Å². The number of aryl methyl sites for hydroxylation is 1. The normalized spacial score (nSPS) is 10.8. The number of ether oxygens (including phenoxy) is 1. The maximum Gasteiger partial charge on any atom is 0.235 e. The summed E-state index contributed by atoms with van der Waals surface area (Å²) in [4.78, 5) is 12.6. The van der Waals surface area contributed by atoms with Gasteiger partial charge in [-0.3, -0.25) is 4.79 Å². The van der Waals surface area contributed by atoms with Crippen LogP contribution in [0.4, 0.5) is 0 Å². The first-order valence-corrected chi connectivity index (χ1v) is 6.96. The van der Waals surface area contributed by atoms with Crippen LogP contribution in [-0.2, 0) is 0 Å². The van der Waals surface area contributed by atoms with Gasteiger partial charge in [0, 0.05) is 5.56 Å². The predicted molar refractivity (Wildman–Crippen MR) is 83.8 cm³/mol. The van der Waals surface area contributed by atoms with E-state index in [0.717, 1.165) is 11.1 Å². The van der Waals surface area contributed by atoms with Crippen molar-refractivity contribution < 1.29 is 9.15 Å². The molecule has 21 heavy (non-hydrogen) atoms. The van der Waals surface area contributed by atoms with E-state index >= 15 is 0 Å². The maximum atomic E-state index is 12.6. The summed E-state index contributed by atoms with van der Waals surface area (Å²) in [5, 5.41) is 0.539. The van der Waals surface area contributed by atoms with Crippen molar-refractivity contribution in [3.63, 3.8) is 0 Å². The average molecular weight is 280 g/mol. The average Bonchev–Trinajstić information content (AvgIpc) is 2.51. The summed E-state index contributed by atoms with van der Waals surface area (Å²) in [6.45, 7) is 4.29. The van der Waals surface area contributed by atoms with Crippen molar-refractivity contribution in [3.8, 4) is 17.1 Å². The Hall–Kier alpha value is -2.55. The van der Waals surface area contributed by atoms with Crippen LogP contribution < -0.4 is 10.2 Å². The molecule has 0 saturated heterocycles. The van der Waals surface area contributed by atoms with Crippen LogP contribution in [-0.4, -0.2) is 6.61 Å². The van der Waals surface area contributed by atoms with Crippen LogP contribution in [0.5, 0.6) is 5.75 Å². The molecule has 0 N–H and O–H groups in total. The summed E-state index contributed by atoms with van der Waals surface area (Å²) in [5.41, 5.74) is 2.43. The lowest BCUT2D eigenvalue weighted by Crippen LogP contribution is -2.09. The maximum absolute atomic E-state index is 12.6. The first-order chi connectivity index (χ1) is 10.2. The van der Waals surface area contributed by atoms with Crippen LogP contribution in [0.25, 0.3) is 22.3 Å². The number of hydrogen-bond donors (Lipinski definition) is 0. The number of fused-ring (bicyclic) bond motifs is 1. The zero-order chi connectivity index (χ0) is 14.8. The van der Waals surface area contributed by atoms with E-state index in [9.17, 15) is 4.79 Å². The predicted octanol–water partition coefficient (Wildman–Crippen LogP) is 4.17. The van der Waals surface area contributed by atoms with Crippen LogP contribution >= 0.6 is 0 Å². The third kappa shape index (κ3) is 2.42. The first kappa shape index (κ1) is 13.4. The topological polar surface area (TPSA) is 39.4 Å². The molecule has 0 aliphatic carbocycles. The molecule has 3 rings (SSSR count). The number of rotatable bonds is 3. The van der Waals surface area contributed by atoms with Crippen LogP contribution in [0.1, 0.15) is 12.5 Å². The summed E-state index contributed by atoms with van der Waals surface area (Å²) < 4.78 is 11.5. The number of benzene rings is 2. The summed E-state index contributed by atoms with van der Waals surface area (Å²) in [7, 11) is 0. The van der Waals surface area contributed by atoms with Gasteiger partial charge in [-0.1, -0.05) is 42.0 Å². The van der Waals surface area contributed by atoms with Gasteiger partial charge < -0.3 is 9.15 Å². The molecule has 0 radical (unpaired) electrons. The first-order valence-electron chi connectivity index (χ1n) is 6.96. The molecule has 1 aromatic heterocycles. The van der Waals surface area contributed by atoms with Crippen molar-refractivity contribution in [3.05, 3.63) is 64.3 Å². The Morgan fingerprint density at radius 1 is 1.05 bits per heavy atom. The molecule has 0 aliphatic heterocycles. The third-order valence-corrected chi connectivity index (χ3v) is 3.36. The lowest BCUT2D eigenvalue weighted by molar-refractivity contribution is 0.330. The van der Waals surface area contributed by atoms with Crippen molar-refractivity contribution in [2.24, 2.45) is 0 Å². The second kappa shape index (κ2) is 5.44. The monoisotopic (exact) mass is 280 g/mol. The van der Waals surface area contributed by atoms with Crippen molar-refractivity contribution in [1.29, 1.82) is 0 Å². The second-order valence-electron chi connectivity index (χ2n) is 4.88. The minimum atomic E-state index is -0.130. The van der Waals surface area contributed by atoms with Crippen LogP contribution in [0.2, 0.25) is 0 Å². The molecular formula is C18H16O3. The highest BCUT2D eigenvalue weighted by molar-refractivity contribution is 5.81. The van der Waals surface area contributed by atoms with Crippen molar-refractivity contribution in [1.82, 2.24) is 0 Å². The zero-order valence-corrected chi connectivity index (χ0v) is 12.1. The van der Waals surface area contributed by atoms with Gasteiger partial charge in [-0.2, -0.15) is 0 Å². The molecule has 106 valence electrons. The van der Waals surface area contributed by atoms with E-state index in [1.54, 1.807) is 12.1 Å². The SMILES string of the molecule is CCOc1c(-c2ccc(C)cc2)oc2ccccc2c1=O. The van der Waals surface area contributed by atoms with Gasteiger partial charge >= 0.3 is 0 Å². The quantitative estimate of drug-likeness (QED) is 0.723. The summed E-state index contributed by atoms with van der Waals surface area (Å²) in [5.74, 6) is 0.764. The van der Waals surface area contributed by atoms with Gasteiger partial charge in [0.25, 0.3) is 0 Å². The number of hydrogen-bond acceptors (Lipinski definition) is 3. The Morgan fingerprint density at radius 2 is 1.76 bits per heavy atom. The van der Waals surface area contributed by atoms with Crippen LogP contribution in [0, 0.1) is 6.92 Å². The van der Waals surface area contributed by atoms with E-state index in [-0.39, 0.29) is 11.2 Å². The third-order valence-electron chi connectivity index (χ3n) is 3.36. The molecule has 0 unspecified atom stereocenters. The van der Waals surface area contributed by atoms with Gasteiger partial charge in [-0.15, -0.1) is 0 Å². The molecule has 3 heteroatoms. The standard InChI is InChI=1S/C18H16O3/c1-3-20-18-16(19)14-6-4-5-7-15(14)21-17(18)13-10-8-12(2)9-11-13/h4-11H,3H2,1-2H3. The van der Waals surface area contributed by atoms with Gasteiger partial charge in [0.1, 0.15) is 5.58 Å². The molecule has 0 amide bonds. The minimum Gasteiger partial charge on any atom is -0.487 e. The molecule has 3 aromatic rings. The Bertz CT molecular complexity index is 829. The molecular weight excluding hydrogens is 264 g/mol. The molecule has 0 atom stereocenters. The molecule has 0 fully saturated rings. The molecule has 0 saturated carbocycles. The summed E-state index contributed by atoms with van der Waals surface area (Å²) in [6.07, 6.45) is 0. The fourth-order valence-electron chi connectivity index (χ4n) is 2.30.